The summed E-state index contributed by atoms with van der Waals surface area (Å²) in [4.78, 5) is 0. The van der Waals surface area contributed by atoms with Crippen LogP contribution in [0.3, 0.4) is 0 Å². The van der Waals surface area contributed by atoms with Crippen LogP contribution in [0.5, 0.6) is 5.75 Å². The number of hydrogen-bond donors (Lipinski definition) is 1. The minimum absolute atomic E-state index is 0.0809. The molecule has 1 rings (SSSR count). The molecule has 0 aliphatic carbocycles. The van der Waals surface area contributed by atoms with Gasteiger partial charge in [-0.15, -0.1) is 0 Å². The number of hydrogen-bond acceptors (Lipinski definition) is 1. The molecule has 1 nitrogen and oxygen atoms in total. The van der Waals surface area contributed by atoms with Crippen molar-refractivity contribution < 1.29 is 5.11 Å². The van der Waals surface area contributed by atoms with Crippen LogP contribution in [0.4, 0.5) is 0 Å². The minimum atomic E-state index is 0.0809. The lowest BCUT2D eigenvalue weighted by atomic mass is 9.79. The van der Waals surface area contributed by atoms with Crippen molar-refractivity contribution in [2.75, 3.05) is 0 Å². The average Bonchev–Trinajstić information content (AvgIpc) is 2.29. The van der Waals surface area contributed by atoms with E-state index in [-0.39, 0.29) is 5.41 Å². The zero-order valence-corrected chi connectivity index (χ0v) is 11.5. The van der Waals surface area contributed by atoms with Gasteiger partial charge >= 0.3 is 0 Å². The van der Waals surface area contributed by atoms with Gasteiger partial charge in [-0.1, -0.05) is 71.1 Å². The highest BCUT2D eigenvalue weighted by molar-refractivity contribution is 5.37. The fourth-order valence-electron chi connectivity index (χ4n) is 2.35. The number of unbranched alkanes of at least 4 members (excludes halogenated alkanes) is 4. The van der Waals surface area contributed by atoms with E-state index in [9.17, 15) is 5.11 Å². The molecule has 1 N–H and O–H groups in total. The van der Waals surface area contributed by atoms with Gasteiger partial charge in [0, 0.05) is 0 Å². The lowest BCUT2D eigenvalue weighted by Gasteiger charge is -2.26. The third-order valence-electron chi connectivity index (χ3n) is 3.54. The van der Waals surface area contributed by atoms with Gasteiger partial charge in [0.15, 0.2) is 0 Å². The highest BCUT2D eigenvalue weighted by Crippen LogP contribution is 2.34. The van der Waals surface area contributed by atoms with Gasteiger partial charge in [-0.2, -0.15) is 0 Å². The number of benzene rings is 1. The van der Waals surface area contributed by atoms with Gasteiger partial charge in [0.05, 0.1) is 0 Å². The first-order valence-corrected chi connectivity index (χ1v) is 6.86. The van der Waals surface area contributed by atoms with Gasteiger partial charge in [-0.25, -0.2) is 0 Å². The molecule has 1 aromatic rings. The molecular formula is C16H26O. The van der Waals surface area contributed by atoms with Crippen LogP contribution in [-0.4, -0.2) is 5.11 Å². The molecule has 0 aromatic heterocycles. The Kier molecular flexibility index (Phi) is 5.54. The predicted octanol–water partition coefficient (Wildman–Crippen LogP) is 5.03. The highest BCUT2D eigenvalue weighted by Gasteiger charge is 2.22. The van der Waals surface area contributed by atoms with Gasteiger partial charge in [0.2, 0.25) is 0 Å². The molecular weight excluding hydrogens is 208 g/mol. The Morgan fingerprint density at radius 3 is 2.29 bits per heavy atom. The van der Waals surface area contributed by atoms with E-state index in [1.54, 1.807) is 6.07 Å². The Labute approximate surface area is 106 Å². The molecule has 17 heavy (non-hydrogen) atoms. The molecule has 1 heteroatoms. The predicted molar refractivity (Wildman–Crippen MR) is 74.5 cm³/mol. The van der Waals surface area contributed by atoms with E-state index < -0.39 is 0 Å². The third kappa shape index (κ3) is 4.41. The summed E-state index contributed by atoms with van der Waals surface area (Å²) in [6.07, 6.45) is 7.69. The van der Waals surface area contributed by atoms with Crippen LogP contribution < -0.4 is 0 Å². The summed E-state index contributed by atoms with van der Waals surface area (Å²) in [5.41, 5.74) is 1.16. The van der Waals surface area contributed by atoms with Crippen LogP contribution in [0, 0.1) is 0 Å². The van der Waals surface area contributed by atoms with E-state index in [0.717, 1.165) is 12.0 Å². The summed E-state index contributed by atoms with van der Waals surface area (Å²) < 4.78 is 0. The average molecular weight is 234 g/mol. The minimum Gasteiger partial charge on any atom is -0.508 e. The molecule has 0 radical (unpaired) electrons. The maximum atomic E-state index is 9.89. The molecule has 0 heterocycles. The normalized spacial score (nSPS) is 11.7. The Morgan fingerprint density at radius 1 is 1.00 bits per heavy atom. The second-order valence-electron chi connectivity index (χ2n) is 5.57. The molecule has 1 aromatic carbocycles. The van der Waals surface area contributed by atoms with Crippen molar-refractivity contribution >= 4 is 0 Å². The lowest BCUT2D eigenvalue weighted by molar-refractivity contribution is 0.405. The number of rotatable bonds is 7. The fraction of sp³-hybridized carbons (Fsp3) is 0.625. The molecule has 0 spiro atoms. The van der Waals surface area contributed by atoms with Crippen molar-refractivity contribution in [1.29, 1.82) is 0 Å². The molecule has 96 valence electrons. The second-order valence-corrected chi connectivity index (χ2v) is 5.57. The molecule has 0 saturated carbocycles. The summed E-state index contributed by atoms with van der Waals surface area (Å²) in [7, 11) is 0. The molecule has 0 aliphatic rings. The first-order valence-electron chi connectivity index (χ1n) is 6.86. The first-order chi connectivity index (χ1) is 8.08. The van der Waals surface area contributed by atoms with E-state index in [4.69, 9.17) is 0 Å². The second kappa shape index (κ2) is 6.68. The Balaban J connectivity index is 2.48. The van der Waals surface area contributed by atoms with Crippen LogP contribution >= 0.6 is 0 Å². The first kappa shape index (κ1) is 14.1. The van der Waals surface area contributed by atoms with Gasteiger partial charge in [0.1, 0.15) is 5.75 Å². The van der Waals surface area contributed by atoms with Crippen LogP contribution in [0.2, 0.25) is 0 Å². The lowest BCUT2D eigenvalue weighted by Crippen LogP contribution is -2.17. The van der Waals surface area contributed by atoms with Gasteiger partial charge in [-0.3, -0.25) is 0 Å². The Hall–Kier alpha value is -0.980. The van der Waals surface area contributed by atoms with Crippen molar-refractivity contribution in [1.82, 2.24) is 0 Å². The topological polar surface area (TPSA) is 20.2 Å². The molecule has 0 atom stereocenters. The number of para-hydroxylation sites is 1. The number of phenolic OH excluding ortho intramolecular Hbond substituents is 1. The van der Waals surface area contributed by atoms with Crippen LogP contribution in [0.15, 0.2) is 24.3 Å². The van der Waals surface area contributed by atoms with Crippen molar-refractivity contribution in [3.05, 3.63) is 29.8 Å². The Morgan fingerprint density at radius 2 is 1.65 bits per heavy atom. The summed E-state index contributed by atoms with van der Waals surface area (Å²) >= 11 is 0. The SMILES string of the molecule is CCCCCCCC(C)(C)c1ccccc1O. The fourth-order valence-corrected chi connectivity index (χ4v) is 2.35. The largest absolute Gasteiger partial charge is 0.508 e. The zero-order chi connectivity index (χ0) is 12.7. The maximum absolute atomic E-state index is 9.89. The van der Waals surface area contributed by atoms with E-state index in [1.165, 1.54) is 32.1 Å². The highest BCUT2D eigenvalue weighted by atomic mass is 16.3. The zero-order valence-electron chi connectivity index (χ0n) is 11.5. The number of aromatic hydroxyl groups is 1. The maximum Gasteiger partial charge on any atom is 0.119 e. The smallest absolute Gasteiger partial charge is 0.119 e. The quantitative estimate of drug-likeness (QED) is 0.656. The van der Waals surface area contributed by atoms with Gasteiger partial charge in [-0.05, 0) is 23.5 Å². The molecule has 0 unspecified atom stereocenters. The van der Waals surface area contributed by atoms with Gasteiger partial charge in [0.25, 0.3) is 0 Å². The van der Waals surface area contributed by atoms with E-state index in [1.807, 2.05) is 18.2 Å². The van der Waals surface area contributed by atoms with E-state index >= 15 is 0 Å². The molecule has 0 saturated heterocycles. The monoisotopic (exact) mass is 234 g/mol. The molecule has 0 aliphatic heterocycles. The third-order valence-corrected chi connectivity index (χ3v) is 3.54. The van der Waals surface area contributed by atoms with Crippen LogP contribution in [0.25, 0.3) is 0 Å². The Bertz CT molecular complexity index is 328. The summed E-state index contributed by atoms with van der Waals surface area (Å²) in [6, 6.07) is 7.72. The van der Waals surface area contributed by atoms with Gasteiger partial charge < -0.3 is 5.11 Å². The molecule has 0 bridgehead atoms. The van der Waals surface area contributed by atoms with Crippen molar-refractivity contribution in [3.63, 3.8) is 0 Å². The van der Waals surface area contributed by atoms with E-state index in [2.05, 4.69) is 20.8 Å². The summed E-state index contributed by atoms with van der Waals surface area (Å²) in [6.45, 7) is 6.69. The van der Waals surface area contributed by atoms with Crippen molar-refractivity contribution in [3.8, 4) is 5.75 Å². The van der Waals surface area contributed by atoms with Crippen molar-refractivity contribution in [2.24, 2.45) is 0 Å². The molecule has 0 fully saturated rings. The van der Waals surface area contributed by atoms with Crippen molar-refractivity contribution in [2.45, 2.75) is 64.7 Å². The van der Waals surface area contributed by atoms with Crippen LogP contribution in [0.1, 0.15) is 64.9 Å². The summed E-state index contributed by atoms with van der Waals surface area (Å²) in [5, 5.41) is 9.89. The van der Waals surface area contributed by atoms with Crippen LogP contribution in [-0.2, 0) is 5.41 Å². The summed E-state index contributed by atoms with van der Waals surface area (Å²) in [5.74, 6) is 0.436. The molecule has 0 amide bonds. The number of phenols is 1. The standard InChI is InChI=1S/C16H26O/c1-4-5-6-7-10-13-16(2,3)14-11-8-9-12-15(14)17/h8-9,11-12,17H,4-7,10,13H2,1-3H3. The van der Waals surface area contributed by atoms with E-state index in [0.29, 0.717) is 5.75 Å².